The number of hydroxylamine groups is 2. The number of rotatable bonds is 4. The molecule has 0 saturated carbocycles. The molecular formula is C11H10N2O3S. The lowest BCUT2D eigenvalue weighted by Gasteiger charge is -2.01. The highest BCUT2D eigenvalue weighted by atomic mass is 32.1. The van der Waals surface area contributed by atoms with Gasteiger partial charge < -0.3 is 9.62 Å². The molecule has 0 amide bonds. The molecule has 0 bridgehead atoms. The summed E-state index contributed by atoms with van der Waals surface area (Å²) >= 11 is 1.41. The largest absolute Gasteiger partial charge is 0.619 e. The van der Waals surface area contributed by atoms with Gasteiger partial charge in [0, 0.05) is 0 Å². The maximum atomic E-state index is 11.6. The molecule has 2 rings (SSSR count). The van der Waals surface area contributed by atoms with Crippen LogP contribution in [0.3, 0.4) is 0 Å². The van der Waals surface area contributed by atoms with Crippen LogP contribution in [0.4, 0.5) is 0 Å². The van der Waals surface area contributed by atoms with Gasteiger partial charge in [0.15, 0.2) is 5.76 Å². The Bertz CT molecular complexity index is 515. The van der Waals surface area contributed by atoms with Crippen molar-refractivity contribution in [3.8, 4) is 0 Å². The summed E-state index contributed by atoms with van der Waals surface area (Å²) in [7, 11) is 0. The van der Waals surface area contributed by atoms with Crippen LogP contribution in [0, 0.1) is 5.21 Å². The standard InChI is InChI=1S/C11H10N2O3S/c14-12-10(11-4-2-6-17-11)8-13(15)7-9-3-1-5-16-9/h1-8,12,14H/b10-8+,13-7-. The minimum atomic E-state index is 0.331. The van der Waals surface area contributed by atoms with Gasteiger partial charge in [-0.3, -0.25) is 10.7 Å². The molecule has 6 heteroatoms. The predicted octanol–water partition coefficient (Wildman–Crippen LogP) is 2.25. The van der Waals surface area contributed by atoms with Crippen molar-refractivity contribution in [3.63, 3.8) is 0 Å². The maximum absolute atomic E-state index is 11.6. The number of thiophene rings is 1. The van der Waals surface area contributed by atoms with Gasteiger partial charge >= 0.3 is 0 Å². The van der Waals surface area contributed by atoms with Gasteiger partial charge in [-0.25, -0.2) is 0 Å². The Labute approximate surface area is 101 Å². The summed E-state index contributed by atoms with van der Waals surface area (Å²) in [5, 5.41) is 22.4. The van der Waals surface area contributed by atoms with E-state index in [1.54, 1.807) is 18.2 Å². The molecule has 0 aliphatic rings. The van der Waals surface area contributed by atoms with Gasteiger partial charge in [-0.15, -0.1) is 11.3 Å². The molecule has 0 aliphatic carbocycles. The fourth-order valence-electron chi connectivity index (χ4n) is 1.23. The zero-order valence-corrected chi connectivity index (χ0v) is 9.55. The summed E-state index contributed by atoms with van der Waals surface area (Å²) in [6, 6.07) is 6.97. The summed E-state index contributed by atoms with van der Waals surface area (Å²) in [6.45, 7) is 0. The molecule has 5 nitrogen and oxygen atoms in total. The first kappa shape index (κ1) is 11.4. The van der Waals surface area contributed by atoms with E-state index in [0.29, 0.717) is 16.2 Å². The van der Waals surface area contributed by atoms with E-state index in [0.717, 1.165) is 4.88 Å². The zero-order chi connectivity index (χ0) is 12.1. The number of hydrogen-bond acceptors (Lipinski definition) is 5. The lowest BCUT2D eigenvalue weighted by Crippen LogP contribution is -2.08. The number of furan rings is 1. The molecule has 0 saturated heterocycles. The second-order valence-electron chi connectivity index (χ2n) is 3.14. The van der Waals surface area contributed by atoms with Crippen molar-refractivity contribution in [2.24, 2.45) is 0 Å². The molecule has 0 spiro atoms. The Hall–Kier alpha value is -2.05. The molecule has 88 valence electrons. The molecule has 0 aromatic carbocycles. The summed E-state index contributed by atoms with van der Waals surface area (Å²) in [4.78, 5) is 0.765. The number of nitrogens with one attached hydrogen (secondary N) is 1. The van der Waals surface area contributed by atoms with E-state index in [9.17, 15) is 5.21 Å². The first-order valence-corrected chi connectivity index (χ1v) is 5.67. The molecule has 17 heavy (non-hydrogen) atoms. The Balaban J connectivity index is 2.22. The molecule has 0 unspecified atom stereocenters. The Morgan fingerprint density at radius 1 is 1.47 bits per heavy atom. The van der Waals surface area contributed by atoms with Crippen molar-refractivity contribution >= 4 is 23.2 Å². The molecule has 0 fully saturated rings. The fourth-order valence-corrected chi connectivity index (χ4v) is 1.92. The van der Waals surface area contributed by atoms with Gasteiger partial charge in [0.25, 0.3) is 0 Å². The smallest absolute Gasteiger partial charge is 0.223 e. The second-order valence-corrected chi connectivity index (χ2v) is 4.08. The normalized spacial score (nSPS) is 12.8. The van der Waals surface area contributed by atoms with Crippen molar-refractivity contribution in [2.75, 3.05) is 0 Å². The minimum Gasteiger partial charge on any atom is -0.619 e. The predicted molar refractivity (Wildman–Crippen MR) is 64.7 cm³/mol. The molecule has 0 aliphatic heterocycles. The van der Waals surface area contributed by atoms with Crippen LogP contribution < -0.4 is 5.48 Å². The Kier molecular flexibility index (Phi) is 3.59. The molecular weight excluding hydrogens is 240 g/mol. The van der Waals surface area contributed by atoms with E-state index < -0.39 is 0 Å². The van der Waals surface area contributed by atoms with Gasteiger partial charge in [-0.2, -0.15) is 4.74 Å². The molecule has 2 aromatic rings. The van der Waals surface area contributed by atoms with Crippen LogP contribution in [-0.2, 0) is 0 Å². The minimum absolute atomic E-state index is 0.331. The average molecular weight is 250 g/mol. The van der Waals surface area contributed by atoms with Gasteiger partial charge in [-0.1, -0.05) is 6.07 Å². The van der Waals surface area contributed by atoms with Crippen LogP contribution in [0.5, 0.6) is 0 Å². The molecule has 2 N–H and O–H groups in total. The van der Waals surface area contributed by atoms with E-state index in [-0.39, 0.29) is 0 Å². The van der Waals surface area contributed by atoms with Crippen molar-refractivity contribution in [1.82, 2.24) is 5.48 Å². The van der Waals surface area contributed by atoms with Crippen molar-refractivity contribution < 1.29 is 14.4 Å². The first-order chi connectivity index (χ1) is 8.29. The fraction of sp³-hybridized carbons (Fsp3) is 0. The highest BCUT2D eigenvalue weighted by molar-refractivity contribution is 7.11. The van der Waals surface area contributed by atoms with Crippen LogP contribution in [0.1, 0.15) is 10.6 Å². The summed E-state index contributed by atoms with van der Waals surface area (Å²) in [5.41, 5.74) is 2.33. The maximum Gasteiger partial charge on any atom is 0.223 e. The third kappa shape index (κ3) is 2.96. The zero-order valence-electron chi connectivity index (χ0n) is 8.74. The summed E-state index contributed by atoms with van der Waals surface area (Å²) in [6.07, 6.45) is 3.98. The van der Waals surface area contributed by atoms with Crippen molar-refractivity contribution in [1.29, 1.82) is 0 Å². The lowest BCUT2D eigenvalue weighted by molar-refractivity contribution is -0.372. The summed E-state index contributed by atoms with van der Waals surface area (Å²) in [5.74, 6) is 0.444. The SMILES string of the molecule is [O-][N+](=C\c1ccco1)/C=C(/NO)c1cccs1. The Morgan fingerprint density at radius 3 is 2.94 bits per heavy atom. The van der Waals surface area contributed by atoms with E-state index in [2.05, 4.69) is 0 Å². The first-order valence-electron chi connectivity index (χ1n) is 4.79. The van der Waals surface area contributed by atoms with E-state index in [1.807, 2.05) is 16.9 Å². The van der Waals surface area contributed by atoms with Crippen molar-refractivity contribution in [3.05, 3.63) is 58.0 Å². The van der Waals surface area contributed by atoms with Crippen LogP contribution in [0.2, 0.25) is 0 Å². The van der Waals surface area contributed by atoms with Gasteiger partial charge in [-0.05, 0) is 23.6 Å². The molecule has 2 heterocycles. The highest BCUT2D eigenvalue weighted by Crippen LogP contribution is 2.17. The molecule has 0 atom stereocenters. The third-order valence-corrected chi connectivity index (χ3v) is 2.86. The number of hydrogen-bond donors (Lipinski definition) is 2. The number of nitrogens with zero attached hydrogens (tertiary/aromatic N) is 1. The van der Waals surface area contributed by atoms with E-state index in [1.165, 1.54) is 30.0 Å². The van der Waals surface area contributed by atoms with E-state index in [4.69, 9.17) is 9.62 Å². The average Bonchev–Trinajstić information content (AvgIpc) is 2.97. The third-order valence-electron chi connectivity index (χ3n) is 1.96. The van der Waals surface area contributed by atoms with Crippen LogP contribution >= 0.6 is 11.3 Å². The highest BCUT2D eigenvalue weighted by Gasteiger charge is 2.05. The second kappa shape index (κ2) is 5.33. The molecule has 2 aromatic heterocycles. The van der Waals surface area contributed by atoms with Gasteiger partial charge in [0.2, 0.25) is 12.4 Å². The van der Waals surface area contributed by atoms with Crippen molar-refractivity contribution in [2.45, 2.75) is 0 Å². The summed E-state index contributed by atoms with van der Waals surface area (Å²) < 4.78 is 5.57. The van der Waals surface area contributed by atoms with Gasteiger partial charge in [0.05, 0.1) is 11.1 Å². The topological polar surface area (TPSA) is 71.5 Å². The van der Waals surface area contributed by atoms with Gasteiger partial charge in [0.1, 0.15) is 5.70 Å². The lowest BCUT2D eigenvalue weighted by atomic mass is 10.4. The van der Waals surface area contributed by atoms with Crippen LogP contribution in [-0.4, -0.2) is 16.2 Å². The van der Waals surface area contributed by atoms with Crippen LogP contribution in [0.25, 0.3) is 5.70 Å². The quantitative estimate of drug-likeness (QED) is 0.378. The Morgan fingerprint density at radius 2 is 2.35 bits per heavy atom. The monoisotopic (exact) mass is 250 g/mol. The molecule has 0 radical (unpaired) electrons. The van der Waals surface area contributed by atoms with E-state index >= 15 is 0 Å². The van der Waals surface area contributed by atoms with Crippen LogP contribution in [0.15, 0.2) is 46.5 Å².